The molecule has 5 heteroatoms. The molecule has 1 aliphatic heterocycles. The molecule has 0 bridgehead atoms. The molecular formula is C14H15N3OS. The number of thiazole rings is 1. The van der Waals surface area contributed by atoms with E-state index in [-0.39, 0.29) is 5.91 Å². The molecule has 0 radical (unpaired) electrons. The van der Waals surface area contributed by atoms with Crippen molar-refractivity contribution in [2.45, 2.75) is 19.9 Å². The van der Waals surface area contributed by atoms with Crippen molar-refractivity contribution in [3.8, 4) is 0 Å². The topological polar surface area (TPSA) is 45.2 Å². The van der Waals surface area contributed by atoms with E-state index >= 15 is 0 Å². The first kappa shape index (κ1) is 12.2. The minimum atomic E-state index is -0.0765. The molecule has 0 aliphatic carbocycles. The number of carbonyl (C=O) groups is 1. The SMILES string of the molecule is CC(=O)Nc1nc(CN2CCc3ccccc32)cs1. The lowest BCUT2D eigenvalue weighted by atomic mass is 10.2. The second kappa shape index (κ2) is 5.01. The predicted molar refractivity (Wildman–Crippen MR) is 77.6 cm³/mol. The number of anilines is 2. The van der Waals surface area contributed by atoms with Crippen molar-refractivity contribution in [3.63, 3.8) is 0 Å². The lowest BCUT2D eigenvalue weighted by molar-refractivity contribution is -0.114. The maximum absolute atomic E-state index is 11.0. The quantitative estimate of drug-likeness (QED) is 0.935. The van der Waals surface area contributed by atoms with E-state index in [0.717, 1.165) is 25.2 Å². The summed E-state index contributed by atoms with van der Waals surface area (Å²) in [5.74, 6) is -0.0765. The Bertz CT molecular complexity index is 608. The Kier molecular flexibility index (Phi) is 3.21. The van der Waals surface area contributed by atoms with Gasteiger partial charge in [0.15, 0.2) is 5.13 Å². The molecule has 0 saturated heterocycles. The first-order valence-electron chi connectivity index (χ1n) is 6.27. The summed E-state index contributed by atoms with van der Waals surface area (Å²) in [4.78, 5) is 17.7. The molecule has 0 fully saturated rings. The fraction of sp³-hybridized carbons (Fsp3) is 0.286. The second-order valence-electron chi connectivity index (χ2n) is 4.63. The van der Waals surface area contributed by atoms with Gasteiger partial charge in [0.2, 0.25) is 5.91 Å². The molecule has 0 unspecified atom stereocenters. The Hall–Kier alpha value is -1.88. The zero-order chi connectivity index (χ0) is 13.2. The number of nitrogens with zero attached hydrogens (tertiary/aromatic N) is 2. The predicted octanol–water partition coefficient (Wildman–Crippen LogP) is 2.66. The third-order valence-electron chi connectivity index (χ3n) is 3.17. The Morgan fingerprint density at radius 1 is 1.47 bits per heavy atom. The number of nitrogens with one attached hydrogen (secondary N) is 1. The van der Waals surface area contributed by atoms with Gasteiger partial charge in [0.25, 0.3) is 0 Å². The highest BCUT2D eigenvalue weighted by molar-refractivity contribution is 7.13. The smallest absolute Gasteiger partial charge is 0.223 e. The normalized spacial score (nSPS) is 13.4. The lowest BCUT2D eigenvalue weighted by Gasteiger charge is -2.17. The Morgan fingerprint density at radius 3 is 3.16 bits per heavy atom. The molecule has 3 rings (SSSR count). The Balaban J connectivity index is 1.73. The van der Waals surface area contributed by atoms with E-state index in [0.29, 0.717) is 5.13 Å². The number of rotatable bonds is 3. The first-order chi connectivity index (χ1) is 9.22. The van der Waals surface area contributed by atoms with E-state index in [4.69, 9.17) is 0 Å². The van der Waals surface area contributed by atoms with Gasteiger partial charge >= 0.3 is 0 Å². The monoisotopic (exact) mass is 273 g/mol. The maximum atomic E-state index is 11.0. The average molecular weight is 273 g/mol. The van der Waals surface area contributed by atoms with Crippen LogP contribution in [0.2, 0.25) is 0 Å². The molecule has 19 heavy (non-hydrogen) atoms. The van der Waals surface area contributed by atoms with E-state index in [1.54, 1.807) is 0 Å². The highest BCUT2D eigenvalue weighted by Crippen LogP contribution is 2.29. The summed E-state index contributed by atoms with van der Waals surface area (Å²) < 4.78 is 0. The van der Waals surface area contributed by atoms with Gasteiger partial charge in [-0.2, -0.15) is 0 Å². The van der Waals surface area contributed by atoms with Crippen LogP contribution in [-0.4, -0.2) is 17.4 Å². The zero-order valence-electron chi connectivity index (χ0n) is 10.7. The number of benzene rings is 1. The van der Waals surface area contributed by atoms with Crippen LogP contribution in [-0.2, 0) is 17.8 Å². The highest BCUT2D eigenvalue weighted by atomic mass is 32.1. The van der Waals surface area contributed by atoms with Crippen LogP contribution in [0.15, 0.2) is 29.6 Å². The van der Waals surface area contributed by atoms with Crippen molar-refractivity contribution in [1.29, 1.82) is 0 Å². The average Bonchev–Trinajstić information content (AvgIpc) is 2.97. The fourth-order valence-corrected chi connectivity index (χ4v) is 3.10. The van der Waals surface area contributed by atoms with E-state index in [1.165, 1.54) is 29.5 Å². The molecule has 0 atom stereocenters. The highest BCUT2D eigenvalue weighted by Gasteiger charge is 2.19. The van der Waals surface area contributed by atoms with Gasteiger partial charge in [-0.05, 0) is 18.1 Å². The van der Waals surface area contributed by atoms with Gasteiger partial charge in [-0.1, -0.05) is 18.2 Å². The van der Waals surface area contributed by atoms with Crippen LogP contribution in [0.25, 0.3) is 0 Å². The van der Waals surface area contributed by atoms with Crippen LogP contribution in [0.1, 0.15) is 18.2 Å². The van der Waals surface area contributed by atoms with Gasteiger partial charge in [0.05, 0.1) is 12.2 Å². The summed E-state index contributed by atoms with van der Waals surface area (Å²) in [5.41, 5.74) is 3.71. The molecule has 4 nitrogen and oxygen atoms in total. The maximum Gasteiger partial charge on any atom is 0.223 e. The lowest BCUT2D eigenvalue weighted by Crippen LogP contribution is -2.19. The van der Waals surface area contributed by atoms with Crippen LogP contribution in [0.4, 0.5) is 10.8 Å². The number of aromatic nitrogens is 1. The van der Waals surface area contributed by atoms with Crippen LogP contribution in [0.5, 0.6) is 0 Å². The van der Waals surface area contributed by atoms with Gasteiger partial charge in [-0.15, -0.1) is 11.3 Å². The van der Waals surface area contributed by atoms with Crippen LogP contribution in [0.3, 0.4) is 0 Å². The van der Waals surface area contributed by atoms with Crippen molar-refractivity contribution < 1.29 is 4.79 Å². The first-order valence-corrected chi connectivity index (χ1v) is 7.15. The minimum Gasteiger partial charge on any atom is -0.365 e. The molecule has 1 aromatic carbocycles. The largest absolute Gasteiger partial charge is 0.365 e. The van der Waals surface area contributed by atoms with Crippen molar-refractivity contribution in [3.05, 3.63) is 40.9 Å². The summed E-state index contributed by atoms with van der Waals surface area (Å²) >= 11 is 1.47. The van der Waals surface area contributed by atoms with E-state index in [2.05, 4.69) is 39.5 Å². The van der Waals surface area contributed by atoms with Crippen molar-refractivity contribution >= 4 is 28.1 Å². The second-order valence-corrected chi connectivity index (χ2v) is 5.48. The van der Waals surface area contributed by atoms with Crippen LogP contribution >= 0.6 is 11.3 Å². The molecule has 2 aromatic rings. The number of para-hydroxylation sites is 1. The molecule has 98 valence electrons. The number of hydrogen-bond donors (Lipinski definition) is 1. The van der Waals surface area contributed by atoms with Crippen molar-refractivity contribution in [1.82, 2.24) is 4.98 Å². The third-order valence-corrected chi connectivity index (χ3v) is 3.98. The standard InChI is InChI=1S/C14H15N3OS/c1-10(18)15-14-16-12(9-19-14)8-17-7-6-11-4-2-3-5-13(11)17/h2-5,9H,6-8H2,1H3,(H,15,16,18). The van der Waals surface area contributed by atoms with Gasteiger partial charge in [-0.25, -0.2) is 4.98 Å². The number of amides is 1. The number of fused-ring (bicyclic) bond motifs is 1. The van der Waals surface area contributed by atoms with E-state index < -0.39 is 0 Å². The molecule has 0 spiro atoms. The van der Waals surface area contributed by atoms with Gasteiger partial charge in [-0.3, -0.25) is 4.79 Å². The Morgan fingerprint density at radius 2 is 2.32 bits per heavy atom. The molecule has 1 aliphatic rings. The van der Waals surface area contributed by atoms with Crippen molar-refractivity contribution in [2.75, 3.05) is 16.8 Å². The molecule has 0 saturated carbocycles. The number of carbonyl (C=O) groups excluding carboxylic acids is 1. The third kappa shape index (κ3) is 2.61. The Labute approximate surface area is 116 Å². The van der Waals surface area contributed by atoms with Gasteiger partial charge < -0.3 is 10.2 Å². The van der Waals surface area contributed by atoms with Gasteiger partial charge in [0, 0.05) is 24.5 Å². The summed E-state index contributed by atoms with van der Waals surface area (Å²) in [6.45, 7) is 3.33. The fourth-order valence-electron chi connectivity index (χ4n) is 2.35. The molecule has 1 aromatic heterocycles. The molecular weight excluding hydrogens is 258 g/mol. The zero-order valence-corrected chi connectivity index (χ0v) is 11.5. The van der Waals surface area contributed by atoms with E-state index in [9.17, 15) is 4.79 Å². The van der Waals surface area contributed by atoms with Crippen molar-refractivity contribution in [2.24, 2.45) is 0 Å². The molecule has 1 N–H and O–H groups in total. The minimum absolute atomic E-state index is 0.0765. The van der Waals surface area contributed by atoms with E-state index in [1.807, 2.05) is 5.38 Å². The molecule has 1 amide bonds. The summed E-state index contributed by atoms with van der Waals surface area (Å²) in [7, 11) is 0. The van der Waals surface area contributed by atoms with Crippen LogP contribution in [0, 0.1) is 0 Å². The van der Waals surface area contributed by atoms with Crippen LogP contribution < -0.4 is 10.2 Å². The number of hydrogen-bond acceptors (Lipinski definition) is 4. The summed E-state index contributed by atoms with van der Waals surface area (Å²) in [6, 6.07) is 8.49. The summed E-state index contributed by atoms with van der Waals surface area (Å²) in [5, 5.41) is 5.40. The summed E-state index contributed by atoms with van der Waals surface area (Å²) in [6.07, 6.45) is 1.10. The molecule has 2 heterocycles. The van der Waals surface area contributed by atoms with Gasteiger partial charge in [0.1, 0.15) is 0 Å².